The molecule has 0 atom stereocenters. The third kappa shape index (κ3) is 4.97. The highest BCUT2D eigenvalue weighted by molar-refractivity contribution is 14.1. The van der Waals surface area contributed by atoms with E-state index in [2.05, 4.69) is 27.9 Å². The van der Waals surface area contributed by atoms with E-state index in [0.29, 0.717) is 34.6 Å². The number of imide groups is 1. The van der Waals surface area contributed by atoms with Crippen LogP contribution in [0.3, 0.4) is 0 Å². The number of halogens is 2. The van der Waals surface area contributed by atoms with Crippen molar-refractivity contribution in [3.05, 3.63) is 61.0 Å². The quantitative estimate of drug-likeness (QED) is 0.421. The molecule has 2 aromatic carbocycles. The van der Waals surface area contributed by atoms with Gasteiger partial charge >= 0.3 is 0 Å². The van der Waals surface area contributed by atoms with Gasteiger partial charge in [0.05, 0.1) is 15.1 Å². The highest BCUT2D eigenvalue weighted by Gasteiger charge is 2.25. The van der Waals surface area contributed by atoms with Gasteiger partial charge in [-0.15, -0.1) is 0 Å². The number of hydrogen-bond acceptors (Lipinski definition) is 5. The van der Waals surface area contributed by atoms with Crippen LogP contribution < -0.4 is 14.8 Å². The Hall–Kier alpha value is -1.71. The van der Waals surface area contributed by atoms with Crippen LogP contribution >= 0.6 is 46.0 Å². The molecule has 140 valence electrons. The molecule has 2 amide bonds. The SMILES string of the molecule is CCOc1cc(/C=C2\SC(=O)NC2=O)cc(I)c1OCc1ccccc1Cl. The van der Waals surface area contributed by atoms with E-state index in [4.69, 9.17) is 21.1 Å². The number of carbonyl (C=O) groups excluding carboxylic acids is 2. The van der Waals surface area contributed by atoms with E-state index >= 15 is 0 Å². The lowest BCUT2D eigenvalue weighted by Gasteiger charge is -2.15. The van der Waals surface area contributed by atoms with Gasteiger partial charge in [0.25, 0.3) is 11.1 Å². The van der Waals surface area contributed by atoms with Crippen molar-refractivity contribution in [2.75, 3.05) is 6.61 Å². The molecular formula is C19H15ClINO4S. The topological polar surface area (TPSA) is 64.6 Å². The molecule has 8 heteroatoms. The van der Waals surface area contributed by atoms with Gasteiger partial charge in [-0.3, -0.25) is 14.9 Å². The molecule has 0 bridgehead atoms. The fourth-order valence-corrected chi connectivity index (χ4v) is 4.07. The molecule has 1 saturated heterocycles. The van der Waals surface area contributed by atoms with Gasteiger partial charge < -0.3 is 9.47 Å². The number of benzene rings is 2. The molecule has 0 aliphatic carbocycles. The normalized spacial score (nSPS) is 15.1. The number of nitrogens with one attached hydrogen (secondary N) is 1. The molecule has 0 radical (unpaired) electrons. The molecule has 2 aromatic rings. The Morgan fingerprint density at radius 2 is 2.00 bits per heavy atom. The first-order chi connectivity index (χ1) is 13.0. The second-order valence-corrected chi connectivity index (χ2v) is 8.08. The van der Waals surface area contributed by atoms with Crippen molar-refractivity contribution in [1.82, 2.24) is 5.32 Å². The first-order valence-corrected chi connectivity index (χ1v) is 10.3. The smallest absolute Gasteiger partial charge is 0.290 e. The first kappa shape index (κ1) is 20.0. The third-order valence-corrected chi connectivity index (χ3v) is 5.58. The lowest BCUT2D eigenvalue weighted by molar-refractivity contribution is -0.115. The Morgan fingerprint density at radius 3 is 2.67 bits per heavy atom. The molecule has 0 aromatic heterocycles. The molecule has 1 aliphatic heterocycles. The molecule has 1 N–H and O–H groups in total. The molecule has 0 saturated carbocycles. The summed E-state index contributed by atoms with van der Waals surface area (Å²) in [6.07, 6.45) is 1.66. The van der Waals surface area contributed by atoms with Crippen molar-refractivity contribution in [3.63, 3.8) is 0 Å². The standard InChI is InChI=1S/C19H15ClINO4S/c1-2-25-15-8-11(9-16-18(23)22-19(24)27-16)7-14(21)17(15)26-10-12-5-3-4-6-13(12)20/h3-9H,2,10H2,1H3,(H,22,23,24)/b16-9-. The highest BCUT2D eigenvalue weighted by Crippen LogP contribution is 2.37. The zero-order valence-electron chi connectivity index (χ0n) is 14.3. The summed E-state index contributed by atoms with van der Waals surface area (Å²) in [5.41, 5.74) is 1.63. The molecule has 0 spiro atoms. The lowest BCUT2D eigenvalue weighted by atomic mass is 10.1. The van der Waals surface area contributed by atoms with Crippen molar-refractivity contribution < 1.29 is 19.1 Å². The summed E-state index contributed by atoms with van der Waals surface area (Å²) in [4.78, 5) is 23.4. The second kappa shape index (κ2) is 8.99. The maximum absolute atomic E-state index is 11.8. The summed E-state index contributed by atoms with van der Waals surface area (Å²) in [5, 5.41) is 2.51. The molecule has 5 nitrogen and oxygen atoms in total. The number of carbonyl (C=O) groups is 2. The maximum Gasteiger partial charge on any atom is 0.290 e. The predicted molar refractivity (Wildman–Crippen MR) is 115 cm³/mol. The number of ether oxygens (including phenoxy) is 2. The van der Waals surface area contributed by atoms with Crippen LogP contribution in [0.4, 0.5) is 4.79 Å². The highest BCUT2D eigenvalue weighted by atomic mass is 127. The Labute approximate surface area is 179 Å². The van der Waals surface area contributed by atoms with Gasteiger partial charge in [0.1, 0.15) is 6.61 Å². The van der Waals surface area contributed by atoms with Gasteiger partial charge in [-0.05, 0) is 71.1 Å². The van der Waals surface area contributed by atoms with Gasteiger partial charge in [0.15, 0.2) is 11.5 Å². The van der Waals surface area contributed by atoms with Crippen LogP contribution in [0.15, 0.2) is 41.3 Å². The largest absolute Gasteiger partial charge is 0.490 e. The predicted octanol–water partition coefficient (Wildman–Crippen LogP) is 5.25. The van der Waals surface area contributed by atoms with Gasteiger partial charge in [-0.25, -0.2) is 0 Å². The van der Waals surface area contributed by atoms with Crippen LogP contribution in [0, 0.1) is 3.57 Å². The zero-order chi connectivity index (χ0) is 19.4. The van der Waals surface area contributed by atoms with Crippen LogP contribution in [0.5, 0.6) is 11.5 Å². The molecule has 3 rings (SSSR count). The fourth-order valence-electron chi connectivity index (χ4n) is 2.41. The summed E-state index contributed by atoms with van der Waals surface area (Å²) in [6, 6.07) is 11.1. The van der Waals surface area contributed by atoms with Gasteiger partial charge in [-0.1, -0.05) is 29.8 Å². The van der Waals surface area contributed by atoms with Crippen molar-refractivity contribution in [3.8, 4) is 11.5 Å². The van der Waals surface area contributed by atoms with E-state index in [1.807, 2.05) is 37.3 Å². The number of amides is 2. The van der Waals surface area contributed by atoms with E-state index in [1.165, 1.54) is 0 Å². The summed E-state index contributed by atoms with van der Waals surface area (Å²) >= 11 is 9.22. The van der Waals surface area contributed by atoms with Crippen molar-refractivity contribution >= 4 is 63.2 Å². The molecule has 1 aliphatic rings. The molecule has 1 heterocycles. The van der Waals surface area contributed by atoms with Gasteiger partial charge in [0.2, 0.25) is 0 Å². The van der Waals surface area contributed by atoms with Crippen LogP contribution in [-0.4, -0.2) is 17.8 Å². The Kier molecular flexibility index (Phi) is 6.67. The van der Waals surface area contributed by atoms with Crippen molar-refractivity contribution in [2.24, 2.45) is 0 Å². The number of hydrogen-bond donors (Lipinski definition) is 1. The van der Waals surface area contributed by atoms with Crippen molar-refractivity contribution in [1.29, 1.82) is 0 Å². The third-order valence-electron chi connectivity index (χ3n) is 3.60. The second-order valence-electron chi connectivity index (χ2n) is 5.50. The minimum atomic E-state index is -0.392. The molecular weight excluding hydrogens is 501 g/mol. The van der Waals surface area contributed by atoms with E-state index in [-0.39, 0.29) is 5.24 Å². The number of rotatable bonds is 6. The van der Waals surface area contributed by atoms with Crippen LogP contribution in [0.2, 0.25) is 5.02 Å². The molecule has 27 heavy (non-hydrogen) atoms. The zero-order valence-corrected chi connectivity index (χ0v) is 18.0. The van der Waals surface area contributed by atoms with Gasteiger partial charge in [-0.2, -0.15) is 0 Å². The summed E-state index contributed by atoms with van der Waals surface area (Å²) < 4.78 is 12.5. The Balaban J connectivity index is 1.88. The van der Waals surface area contributed by atoms with E-state index in [9.17, 15) is 9.59 Å². The van der Waals surface area contributed by atoms with Crippen LogP contribution in [0.25, 0.3) is 6.08 Å². The minimum absolute atomic E-state index is 0.308. The van der Waals surface area contributed by atoms with E-state index in [0.717, 1.165) is 26.5 Å². The van der Waals surface area contributed by atoms with Crippen molar-refractivity contribution in [2.45, 2.75) is 13.5 Å². The van der Waals surface area contributed by atoms with Crippen LogP contribution in [-0.2, 0) is 11.4 Å². The summed E-state index contributed by atoms with van der Waals surface area (Å²) in [5.74, 6) is 0.786. The lowest BCUT2D eigenvalue weighted by Crippen LogP contribution is -2.17. The molecule has 0 unspecified atom stereocenters. The minimum Gasteiger partial charge on any atom is -0.490 e. The first-order valence-electron chi connectivity index (χ1n) is 8.05. The summed E-state index contributed by atoms with van der Waals surface area (Å²) in [7, 11) is 0. The average molecular weight is 516 g/mol. The monoisotopic (exact) mass is 515 g/mol. The Morgan fingerprint density at radius 1 is 1.22 bits per heavy atom. The fraction of sp³-hybridized carbons (Fsp3) is 0.158. The van der Waals surface area contributed by atoms with Gasteiger partial charge in [0, 0.05) is 10.6 Å². The summed E-state index contributed by atoms with van der Waals surface area (Å²) in [6.45, 7) is 2.66. The van der Waals surface area contributed by atoms with E-state index < -0.39 is 5.91 Å². The average Bonchev–Trinajstić information content (AvgIpc) is 2.93. The van der Waals surface area contributed by atoms with Crippen LogP contribution in [0.1, 0.15) is 18.1 Å². The number of thioether (sulfide) groups is 1. The molecule has 1 fully saturated rings. The maximum atomic E-state index is 11.8. The van der Waals surface area contributed by atoms with E-state index in [1.54, 1.807) is 12.1 Å². The Bertz CT molecular complexity index is 932.